The summed E-state index contributed by atoms with van der Waals surface area (Å²) in [7, 11) is 0. The highest BCUT2D eigenvalue weighted by molar-refractivity contribution is 4.91. The summed E-state index contributed by atoms with van der Waals surface area (Å²) in [6.07, 6.45) is 11.4. The van der Waals surface area contributed by atoms with Crippen molar-refractivity contribution in [3.8, 4) is 12.3 Å². The molecule has 1 saturated heterocycles. The van der Waals surface area contributed by atoms with Crippen LogP contribution in [0, 0.1) is 18.3 Å². The molecule has 1 aliphatic heterocycles. The van der Waals surface area contributed by atoms with E-state index in [9.17, 15) is 0 Å². The van der Waals surface area contributed by atoms with Crippen molar-refractivity contribution in [2.45, 2.75) is 65.0 Å². The number of nitrogens with one attached hydrogen (secondary N) is 1. The normalized spacial score (nSPS) is 24.4. The summed E-state index contributed by atoms with van der Waals surface area (Å²) in [6.45, 7) is 10.6. The Labute approximate surface area is 114 Å². The van der Waals surface area contributed by atoms with E-state index in [0.717, 1.165) is 18.8 Å². The third-order valence-corrected chi connectivity index (χ3v) is 4.14. The predicted molar refractivity (Wildman–Crippen MR) is 79.6 cm³/mol. The van der Waals surface area contributed by atoms with Gasteiger partial charge < -0.3 is 10.2 Å². The molecule has 0 spiro atoms. The molecule has 0 aromatic carbocycles. The Bertz CT molecular complexity index is 254. The van der Waals surface area contributed by atoms with E-state index in [-0.39, 0.29) is 0 Å². The lowest BCUT2D eigenvalue weighted by molar-refractivity contribution is 0.146. The van der Waals surface area contributed by atoms with Crippen LogP contribution in [0.5, 0.6) is 0 Å². The molecule has 1 heterocycles. The Morgan fingerprint density at radius 1 is 1.44 bits per heavy atom. The first kappa shape index (κ1) is 15.5. The lowest BCUT2D eigenvalue weighted by Gasteiger charge is -2.37. The van der Waals surface area contributed by atoms with Gasteiger partial charge in [-0.15, -0.1) is 12.3 Å². The fraction of sp³-hybridized carbons (Fsp3) is 0.875. The van der Waals surface area contributed by atoms with Crippen LogP contribution in [0.15, 0.2) is 0 Å². The lowest BCUT2D eigenvalue weighted by Crippen LogP contribution is -2.47. The van der Waals surface area contributed by atoms with E-state index in [4.69, 9.17) is 6.42 Å². The summed E-state index contributed by atoms with van der Waals surface area (Å²) in [5, 5.41) is 3.73. The maximum atomic E-state index is 5.42. The highest BCUT2D eigenvalue weighted by atomic mass is 15.1. The van der Waals surface area contributed by atoms with Gasteiger partial charge in [-0.1, -0.05) is 13.8 Å². The minimum Gasteiger partial charge on any atom is -0.310 e. The number of terminal acetylenes is 1. The lowest BCUT2D eigenvalue weighted by atomic mass is 9.90. The number of hydrogen-bond donors (Lipinski definition) is 1. The van der Waals surface area contributed by atoms with Crippen LogP contribution in [0.25, 0.3) is 0 Å². The van der Waals surface area contributed by atoms with Crippen LogP contribution >= 0.6 is 0 Å². The standard InChI is InChI=1S/C16H30N2/c1-5-9-16(7-3)17-14(4)15-10-8-12-18(13-15)11-6-2/h1,14-17H,6-13H2,2-4H3. The number of likely N-dealkylation sites (tertiary alicyclic amines) is 1. The van der Waals surface area contributed by atoms with Crippen LogP contribution in [-0.2, 0) is 0 Å². The molecule has 104 valence electrons. The van der Waals surface area contributed by atoms with E-state index in [0.29, 0.717) is 12.1 Å². The Morgan fingerprint density at radius 3 is 2.83 bits per heavy atom. The van der Waals surface area contributed by atoms with Gasteiger partial charge in [0.25, 0.3) is 0 Å². The van der Waals surface area contributed by atoms with E-state index in [1.807, 2.05) is 0 Å². The first-order chi connectivity index (χ1) is 8.71. The van der Waals surface area contributed by atoms with E-state index >= 15 is 0 Å². The van der Waals surface area contributed by atoms with Crippen molar-refractivity contribution in [2.24, 2.45) is 5.92 Å². The summed E-state index contributed by atoms with van der Waals surface area (Å²) in [5.74, 6) is 3.57. The molecule has 0 aromatic rings. The second-order valence-corrected chi connectivity index (χ2v) is 5.67. The minimum atomic E-state index is 0.492. The minimum absolute atomic E-state index is 0.492. The van der Waals surface area contributed by atoms with Crippen LogP contribution in [0.3, 0.4) is 0 Å². The summed E-state index contributed by atoms with van der Waals surface area (Å²) < 4.78 is 0. The molecule has 0 radical (unpaired) electrons. The van der Waals surface area contributed by atoms with Crippen molar-refractivity contribution in [1.82, 2.24) is 10.2 Å². The maximum absolute atomic E-state index is 5.42. The topological polar surface area (TPSA) is 15.3 Å². The first-order valence-corrected chi connectivity index (χ1v) is 7.63. The third-order valence-electron chi connectivity index (χ3n) is 4.14. The fourth-order valence-electron chi connectivity index (χ4n) is 2.99. The van der Waals surface area contributed by atoms with E-state index in [2.05, 4.69) is 36.9 Å². The third kappa shape index (κ3) is 5.00. The Hall–Kier alpha value is -0.520. The van der Waals surface area contributed by atoms with Gasteiger partial charge in [0.2, 0.25) is 0 Å². The Balaban J connectivity index is 2.40. The van der Waals surface area contributed by atoms with Crippen LogP contribution in [0.2, 0.25) is 0 Å². The molecule has 2 nitrogen and oxygen atoms in total. The summed E-state index contributed by atoms with van der Waals surface area (Å²) in [5.41, 5.74) is 0. The zero-order chi connectivity index (χ0) is 13.4. The average Bonchev–Trinajstić information content (AvgIpc) is 2.39. The molecule has 1 fully saturated rings. The van der Waals surface area contributed by atoms with Gasteiger partial charge in [0.15, 0.2) is 0 Å². The SMILES string of the molecule is C#CCC(CC)NC(C)C1CCCN(CCC)C1. The zero-order valence-electron chi connectivity index (χ0n) is 12.4. The van der Waals surface area contributed by atoms with Gasteiger partial charge in [0.05, 0.1) is 0 Å². The highest BCUT2D eigenvalue weighted by Crippen LogP contribution is 2.20. The van der Waals surface area contributed by atoms with Crippen molar-refractivity contribution in [1.29, 1.82) is 0 Å². The average molecular weight is 250 g/mol. The van der Waals surface area contributed by atoms with Crippen LogP contribution in [0.4, 0.5) is 0 Å². The molecule has 2 heteroatoms. The van der Waals surface area contributed by atoms with Crippen molar-refractivity contribution in [2.75, 3.05) is 19.6 Å². The molecule has 0 bridgehead atoms. The largest absolute Gasteiger partial charge is 0.310 e. The van der Waals surface area contributed by atoms with Gasteiger partial charge in [0, 0.05) is 25.0 Å². The second kappa shape index (κ2) is 8.56. The molecule has 18 heavy (non-hydrogen) atoms. The van der Waals surface area contributed by atoms with Gasteiger partial charge in [-0.05, 0) is 51.6 Å². The molecule has 0 saturated carbocycles. The summed E-state index contributed by atoms with van der Waals surface area (Å²) >= 11 is 0. The van der Waals surface area contributed by atoms with Gasteiger partial charge in [0.1, 0.15) is 0 Å². The summed E-state index contributed by atoms with van der Waals surface area (Å²) in [6, 6.07) is 1.08. The van der Waals surface area contributed by atoms with Gasteiger partial charge in [-0.3, -0.25) is 0 Å². The molecule has 0 aliphatic carbocycles. The van der Waals surface area contributed by atoms with Crippen molar-refractivity contribution in [3.63, 3.8) is 0 Å². The Kier molecular flexibility index (Phi) is 7.39. The molecule has 3 atom stereocenters. The van der Waals surface area contributed by atoms with Crippen molar-refractivity contribution >= 4 is 0 Å². The summed E-state index contributed by atoms with van der Waals surface area (Å²) in [4.78, 5) is 2.62. The predicted octanol–water partition coefficient (Wildman–Crippen LogP) is 2.89. The van der Waals surface area contributed by atoms with E-state index in [1.54, 1.807) is 0 Å². The molecular formula is C16H30N2. The Morgan fingerprint density at radius 2 is 2.22 bits per heavy atom. The highest BCUT2D eigenvalue weighted by Gasteiger charge is 2.25. The first-order valence-electron chi connectivity index (χ1n) is 7.63. The van der Waals surface area contributed by atoms with Crippen molar-refractivity contribution in [3.05, 3.63) is 0 Å². The molecule has 1 N–H and O–H groups in total. The molecular weight excluding hydrogens is 220 g/mol. The molecule has 0 aromatic heterocycles. The van der Waals surface area contributed by atoms with Crippen molar-refractivity contribution < 1.29 is 0 Å². The maximum Gasteiger partial charge on any atom is 0.0240 e. The molecule has 1 rings (SSSR count). The molecule has 0 amide bonds. The van der Waals surface area contributed by atoms with Gasteiger partial charge in [-0.2, -0.15) is 0 Å². The van der Waals surface area contributed by atoms with E-state index in [1.165, 1.54) is 38.9 Å². The quantitative estimate of drug-likeness (QED) is 0.699. The van der Waals surface area contributed by atoms with Crippen LogP contribution in [-0.4, -0.2) is 36.6 Å². The number of rotatable bonds is 7. The van der Waals surface area contributed by atoms with Gasteiger partial charge in [-0.25, -0.2) is 0 Å². The second-order valence-electron chi connectivity index (χ2n) is 5.67. The zero-order valence-corrected chi connectivity index (χ0v) is 12.4. The van der Waals surface area contributed by atoms with Crippen LogP contribution in [0.1, 0.15) is 52.9 Å². The number of nitrogens with zero attached hydrogens (tertiary/aromatic N) is 1. The number of hydrogen-bond acceptors (Lipinski definition) is 2. The molecule has 1 aliphatic rings. The van der Waals surface area contributed by atoms with Crippen LogP contribution < -0.4 is 5.32 Å². The van der Waals surface area contributed by atoms with E-state index < -0.39 is 0 Å². The van der Waals surface area contributed by atoms with Gasteiger partial charge >= 0.3 is 0 Å². The molecule has 3 unspecified atom stereocenters. The fourth-order valence-corrected chi connectivity index (χ4v) is 2.99. The smallest absolute Gasteiger partial charge is 0.0240 e. The number of piperidine rings is 1. The monoisotopic (exact) mass is 250 g/mol.